The highest BCUT2D eigenvalue weighted by Crippen LogP contribution is 2.23. The minimum absolute atomic E-state index is 0.473. The zero-order chi connectivity index (χ0) is 14.5. The van der Waals surface area contributed by atoms with Crippen molar-refractivity contribution in [1.82, 2.24) is 0 Å². The van der Waals surface area contributed by atoms with E-state index >= 15 is 0 Å². The third kappa shape index (κ3) is 3.84. The normalized spacial score (nSPS) is 12.2. The van der Waals surface area contributed by atoms with Gasteiger partial charge in [0.2, 0.25) is 0 Å². The first-order chi connectivity index (χ1) is 10.3. The molecular weight excluding hydrogens is 328 g/mol. The molecule has 2 nitrogen and oxygen atoms in total. The van der Waals surface area contributed by atoms with Crippen LogP contribution in [0.15, 0.2) is 72.8 Å². The van der Waals surface area contributed by atoms with Gasteiger partial charge in [-0.05, 0) is 44.4 Å². The van der Waals surface area contributed by atoms with Gasteiger partial charge in [0.15, 0.2) is 0 Å². The molecule has 3 aromatic carbocycles. The first-order valence-corrected chi connectivity index (χ1v) is 7.68. The molecule has 0 radical (unpaired) electrons. The van der Waals surface area contributed by atoms with Crippen LogP contribution >= 0.6 is 15.9 Å². The Labute approximate surface area is 132 Å². The summed E-state index contributed by atoms with van der Waals surface area (Å²) in [6.45, 7) is 0.504. The van der Waals surface area contributed by atoms with Crippen molar-refractivity contribution in [3.8, 4) is 5.75 Å². The summed E-state index contributed by atoms with van der Waals surface area (Å²) in [6, 6.07) is 24.2. The summed E-state index contributed by atoms with van der Waals surface area (Å²) in [4.78, 5) is 0. The van der Waals surface area contributed by atoms with Crippen LogP contribution in [0.1, 0.15) is 5.56 Å². The van der Waals surface area contributed by atoms with Gasteiger partial charge in [0.1, 0.15) is 5.75 Å². The van der Waals surface area contributed by atoms with Crippen LogP contribution in [0, 0.1) is 0 Å². The van der Waals surface area contributed by atoms with Crippen molar-refractivity contribution in [2.75, 3.05) is 0 Å². The van der Waals surface area contributed by atoms with E-state index in [0.29, 0.717) is 6.61 Å². The van der Waals surface area contributed by atoms with Gasteiger partial charge < -0.3 is 9.47 Å². The van der Waals surface area contributed by atoms with Crippen LogP contribution in [0.5, 0.6) is 5.75 Å². The third-order valence-electron chi connectivity index (χ3n) is 3.17. The maximum atomic E-state index is 5.74. The molecule has 21 heavy (non-hydrogen) atoms. The van der Waals surface area contributed by atoms with Crippen LogP contribution in [-0.2, 0) is 11.3 Å². The Kier molecular flexibility index (Phi) is 4.53. The van der Waals surface area contributed by atoms with Crippen LogP contribution in [-0.4, -0.2) is 5.20 Å². The SMILES string of the molecule is BrC(OCc1ccccc1)Oc1ccc2ccccc2c1. The fraction of sp³-hybridized carbons (Fsp3) is 0.111. The van der Waals surface area contributed by atoms with Crippen molar-refractivity contribution < 1.29 is 9.47 Å². The number of hydrogen-bond acceptors (Lipinski definition) is 2. The monoisotopic (exact) mass is 342 g/mol. The predicted octanol–water partition coefficient (Wildman–Crippen LogP) is 5.11. The molecular formula is C18H15BrO2. The highest BCUT2D eigenvalue weighted by atomic mass is 79.9. The lowest BCUT2D eigenvalue weighted by Crippen LogP contribution is -2.12. The molecule has 0 aromatic heterocycles. The van der Waals surface area contributed by atoms with Gasteiger partial charge in [0, 0.05) is 0 Å². The average molecular weight is 343 g/mol. The molecule has 0 aliphatic rings. The molecule has 3 rings (SSSR count). The molecule has 3 aromatic rings. The smallest absolute Gasteiger partial charge is 0.257 e. The summed E-state index contributed by atoms with van der Waals surface area (Å²) < 4.78 is 11.4. The van der Waals surface area contributed by atoms with Crippen LogP contribution < -0.4 is 4.74 Å². The lowest BCUT2D eigenvalue weighted by Gasteiger charge is -2.14. The summed E-state index contributed by atoms with van der Waals surface area (Å²) in [5, 5.41) is 1.87. The summed E-state index contributed by atoms with van der Waals surface area (Å²) >= 11 is 3.39. The first kappa shape index (κ1) is 14.1. The molecule has 0 saturated carbocycles. The summed E-state index contributed by atoms with van der Waals surface area (Å²) in [7, 11) is 0. The van der Waals surface area contributed by atoms with Gasteiger partial charge in [-0.2, -0.15) is 0 Å². The zero-order valence-corrected chi connectivity index (χ0v) is 13.0. The number of ether oxygens (including phenoxy) is 2. The van der Waals surface area contributed by atoms with E-state index in [9.17, 15) is 0 Å². The number of alkyl halides is 1. The van der Waals surface area contributed by atoms with Crippen LogP contribution in [0.25, 0.3) is 10.8 Å². The maximum Gasteiger partial charge on any atom is 0.257 e. The second-order valence-corrected chi connectivity index (χ2v) is 5.45. The molecule has 0 N–H and O–H groups in total. The fourth-order valence-electron chi connectivity index (χ4n) is 2.12. The molecule has 0 bridgehead atoms. The molecule has 0 spiro atoms. The van der Waals surface area contributed by atoms with E-state index in [-0.39, 0.29) is 0 Å². The van der Waals surface area contributed by atoms with Crippen LogP contribution in [0.3, 0.4) is 0 Å². The van der Waals surface area contributed by atoms with E-state index in [1.54, 1.807) is 0 Å². The number of fused-ring (bicyclic) bond motifs is 1. The van der Waals surface area contributed by atoms with Gasteiger partial charge in [-0.3, -0.25) is 0 Å². The summed E-state index contributed by atoms with van der Waals surface area (Å²) in [5.41, 5.74) is 1.11. The van der Waals surface area contributed by atoms with Crippen LogP contribution in [0.4, 0.5) is 0 Å². The van der Waals surface area contributed by atoms with Crippen LogP contribution in [0.2, 0.25) is 0 Å². The van der Waals surface area contributed by atoms with Crippen molar-refractivity contribution in [3.63, 3.8) is 0 Å². The summed E-state index contributed by atoms with van der Waals surface area (Å²) in [6.07, 6.45) is 0. The van der Waals surface area contributed by atoms with Crippen molar-refractivity contribution in [2.24, 2.45) is 0 Å². The molecule has 1 unspecified atom stereocenters. The van der Waals surface area contributed by atoms with Gasteiger partial charge in [-0.1, -0.05) is 60.7 Å². The van der Waals surface area contributed by atoms with Crippen molar-refractivity contribution >= 4 is 26.7 Å². The van der Waals surface area contributed by atoms with Crippen molar-refractivity contribution in [1.29, 1.82) is 0 Å². The van der Waals surface area contributed by atoms with Gasteiger partial charge in [-0.25, -0.2) is 0 Å². The minimum Gasteiger partial charge on any atom is -0.455 e. The van der Waals surface area contributed by atoms with Gasteiger partial charge in [-0.15, -0.1) is 0 Å². The molecule has 0 aliphatic carbocycles. The quantitative estimate of drug-likeness (QED) is 0.473. The Morgan fingerprint density at radius 1 is 0.810 bits per heavy atom. The standard InChI is InChI=1S/C18H15BrO2/c19-18(20-13-14-6-2-1-3-7-14)21-17-11-10-15-8-4-5-9-16(15)12-17/h1-12,18H,13H2. The average Bonchev–Trinajstić information content (AvgIpc) is 2.54. The molecule has 0 amide bonds. The Morgan fingerprint density at radius 2 is 1.52 bits per heavy atom. The summed E-state index contributed by atoms with van der Waals surface area (Å²) in [5.74, 6) is 0.781. The molecule has 3 heteroatoms. The van der Waals surface area contributed by atoms with Crippen molar-refractivity contribution in [2.45, 2.75) is 11.8 Å². The molecule has 1 atom stereocenters. The molecule has 106 valence electrons. The maximum absolute atomic E-state index is 5.74. The Morgan fingerprint density at radius 3 is 2.33 bits per heavy atom. The molecule has 0 aliphatic heterocycles. The topological polar surface area (TPSA) is 18.5 Å². The molecule has 0 saturated heterocycles. The lowest BCUT2D eigenvalue weighted by atomic mass is 10.1. The minimum atomic E-state index is -0.473. The second kappa shape index (κ2) is 6.74. The van der Waals surface area contributed by atoms with Gasteiger partial charge in [0.25, 0.3) is 5.20 Å². The van der Waals surface area contributed by atoms with E-state index in [1.165, 1.54) is 5.39 Å². The Bertz CT molecular complexity index is 712. The lowest BCUT2D eigenvalue weighted by molar-refractivity contribution is -0.0193. The van der Waals surface area contributed by atoms with E-state index in [0.717, 1.165) is 16.7 Å². The van der Waals surface area contributed by atoms with E-state index < -0.39 is 5.20 Å². The van der Waals surface area contributed by atoms with Crippen molar-refractivity contribution in [3.05, 3.63) is 78.4 Å². The number of hydrogen-bond donors (Lipinski definition) is 0. The number of benzene rings is 3. The Hall–Kier alpha value is -1.84. The van der Waals surface area contributed by atoms with E-state index in [4.69, 9.17) is 9.47 Å². The third-order valence-corrected chi connectivity index (χ3v) is 3.62. The highest BCUT2D eigenvalue weighted by molar-refractivity contribution is 9.09. The number of rotatable bonds is 5. The van der Waals surface area contributed by atoms with Gasteiger partial charge in [0.05, 0.1) is 6.61 Å². The Balaban J connectivity index is 1.62. The largest absolute Gasteiger partial charge is 0.455 e. The molecule has 0 fully saturated rings. The van der Waals surface area contributed by atoms with E-state index in [1.807, 2.05) is 60.7 Å². The fourth-order valence-corrected chi connectivity index (χ4v) is 2.47. The first-order valence-electron chi connectivity index (χ1n) is 6.76. The predicted molar refractivity (Wildman–Crippen MR) is 88.5 cm³/mol. The zero-order valence-electron chi connectivity index (χ0n) is 11.4. The van der Waals surface area contributed by atoms with Gasteiger partial charge >= 0.3 is 0 Å². The second-order valence-electron chi connectivity index (χ2n) is 4.70. The highest BCUT2D eigenvalue weighted by Gasteiger charge is 2.07. The number of halogens is 1. The van der Waals surface area contributed by atoms with E-state index in [2.05, 4.69) is 28.1 Å². The molecule has 0 heterocycles.